The Balaban J connectivity index is 1.57. The third-order valence-corrected chi connectivity index (χ3v) is 8.18. The molecule has 1 amide bonds. The third-order valence-electron chi connectivity index (χ3n) is 5.96. The van der Waals surface area contributed by atoms with Crippen LogP contribution < -0.4 is 0 Å². The maximum Gasteiger partial charge on any atom is 0.426 e. The highest BCUT2D eigenvalue weighted by atomic mass is 32.2. The van der Waals surface area contributed by atoms with Crippen molar-refractivity contribution >= 4 is 15.9 Å². The highest BCUT2D eigenvalue weighted by Crippen LogP contribution is 2.45. The quantitative estimate of drug-likeness (QED) is 0.640. The van der Waals surface area contributed by atoms with Crippen LogP contribution in [-0.4, -0.2) is 83.0 Å². The van der Waals surface area contributed by atoms with E-state index in [1.807, 2.05) is 12.1 Å². The lowest BCUT2D eigenvalue weighted by Gasteiger charge is -2.43. The van der Waals surface area contributed by atoms with Crippen LogP contribution in [0.4, 0.5) is 26.3 Å². The Morgan fingerprint density at radius 2 is 1.53 bits per heavy atom. The van der Waals surface area contributed by atoms with Crippen LogP contribution >= 0.6 is 0 Å². The van der Waals surface area contributed by atoms with E-state index in [4.69, 9.17) is 5.11 Å². The van der Waals surface area contributed by atoms with Crippen molar-refractivity contribution in [2.75, 3.05) is 26.2 Å². The standard InChI is InChI=1S/C18H21F6N3O4S/c19-17(20,21)16(29,18(22,23)24)9-15(28)26-10-14(11-26)32(30,31)27-7-3-13(4-8-27)12-1-5-25-6-2-12/h1-2,5-6,13-14,29H,3-4,7-11H2. The number of nitrogens with zero attached hydrogens (tertiary/aromatic N) is 3. The van der Waals surface area contributed by atoms with E-state index >= 15 is 0 Å². The van der Waals surface area contributed by atoms with Gasteiger partial charge in [-0.15, -0.1) is 0 Å². The number of aliphatic hydroxyl groups is 1. The van der Waals surface area contributed by atoms with Gasteiger partial charge in [0.25, 0.3) is 5.60 Å². The first kappa shape index (κ1) is 24.7. The van der Waals surface area contributed by atoms with E-state index in [1.54, 1.807) is 12.4 Å². The number of alkyl halides is 6. The lowest BCUT2D eigenvalue weighted by Crippen LogP contribution is -2.64. The van der Waals surface area contributed by atoms with Crippen molar-refractivity contribution in [2.24, 2.45) is 0 Å². The van der Waals surface area contributed by atoms with Crippen molar-refractivity contribution in [2.45, 2.75) is 48.4 Å². The molecule has 3 rings (SSSR count). The SMILES string of the molecule is O=C(CC(O)(C(F)(F)F)C(F)(F)F)N1CC(S(=O)(=O)N2CCC(c3ccncc3)CC2)C1. The van der Waals surface area contributed by atoms with Gasteiger partial charge >= 0.3 is 12.4 Å². The number of likely N-dealkylation sites (tertiary alicyclic amines) is 1. The molecule has 2 saturated heterocycles. The summed E-state index contributed by atoms with van der Waals surface area (Å²) in [6, 6.07) is 3.68. The van der Waals surface area contributed by atoms with E-state index < -0.39 is 58.6 Å². The normalized spacial score (nSPS) is 20.3. The second kappa shape index (κ2) is 8.45. The molecule has 0 aliphatic carbocycles. The molecule has 180 valence electrons. The molecule has 7 nitrogen and oxygen atoms in total. The molecule has 14 heteroatoms. The van der Waals surface area contributed by atoms with Crippen molar-refractivity contribution in [1.29, 1.82) is 0 Å². The fraction of sp³-hybridized carbons (Fsp3) is 0.667. The number of piperidine rings is 1. The topological polar surface area (TPSA) is 90.8 Å². The van der Waals surface area contributed by atoms with Crippen LogP contribution in [0.3, 0.4) is 0 Å². The van der Waals surface area contributed by atoms with E-state index in [0.29, 0.717) is 17.7 Å². The Morgan fingerprint density at radius 3 is 2.00 bits per heavy atom. The highest BCUT2D eigenvalue weighted by Gasteiger charge is 2.71. The number of amides is 1. The van der Waals surface area contributed by atoms with E-state index in [2.05, 4.69) is 4.98 Å². The van der Waals surface area contributed by atoms with Crippen LogP contribution in [0.2, 0.25) is 0 Å². The number of aromatic nitrogens is 1. The first-order chi connectivity index (χ1) is 14.7. The summed E-state index contributed by atoms with van der Waals surface area (Å²) in [6.45, 7) is -0.641. The van der Waals surface area contributed by atoms with Gasteiger partial charge in [0.15, 0.2) is 0 Å². The van der Waals surface area contributed by atoms with Gasteiger partial charge in [0.05, 0.1) is 6.42 Å². The molecule has 1 aromatic heterocycles. The molecule has 1 N–H and O–H groups in total. The minimum atomic E-state index is -6.11. The summed E-state index contributed by atoms with van der Waals surface area (Å²) in [5.74, 6) is -1.48. The van der Waals surface area contributed by atoms with Gasteiger partial charge in [-0.1, -0.05) is 0 Å². The number of rotatable bonds is 5. The van der Waals surface area contributed by atoms with E-state index in [1.165, 1.54) is 4.31 Å². The Kier molecular flexibility index (Phi) is 6.52. The summed E-state index contributed by atoms with van der Waals surface area (Å²) in [5, 5.41) is 8.03. The minimum absolute atomic E-state index is 0.145. The van der Waals surface area contributed by atoms with Crippen molar-refractivity contribution in [3.8, 4) is 0 Å². The maximum atomic E-state index is 12.8. The monoisotopic (exact) mass is 489 g/mol. The van der Waals surface area contributed by atoms with E-state index in [0.717, 1.165) is 5.56 Å². The first-order valence-corrected chi connectivity index (χ1v) is 11.2. The number of sulfonamides is 1. The zero-order chi connectivity index (χ0) is 23.9. The predicted molar refractivity (Wildman–Crippen MR) is 98.7 cm³/mol. The first-order valence-electron chi connectivity index (χ1n) is 9.69. The van der Waals surface area contributed by atoms with E-state index in [-0.39, 0.29) is 19.0 Å². The molecule has 0 radical (unpaired) electrons. The molecule has 2 aliphatic heterocycles. The average Bonchev–Trinajstić information content (AvgIpc) is 2.65. The molecule has 0 atom stereocenters. The van der Waals surface area contributed by atoms with Gasteiger partial charge in [-0.2, -0.15) is 26.3 Å². The largest absolute Gasteiger partial charge is 0.426 e. The average molecular weight is 489 g/mol. The summed E-state index contributed by atoms with van der Waals surface area (Å²) in [7, 11) is -3.88. The Labute approximate surface area is 180 Å². The Bertz CT molecular complexity index is 910. The number of pyridine rings is 1. The van der Waals surface area contributed by atoms with Gasteiger partial charge in [0.1, 0.15) is 5.25 Å². The number of halogens is 6. The summed E-state index contributed by atoms with van der Waals surface area (Å²) < 4.78 is 103. The van der Waals surface area contributed by atoms with Gasteiger partial charge in [0, 0.05) is 38.6 Å². The van der Waals surface area contributed by atoms with Crippen molar-refractivity contribution in [1.82, 2.24) is 14.2 Å². The Hall–Kier alpha value is -1.93. The van der Waals surface area contributed by atoms with Crippen LogP contribution in [0, 0.1) is 0 Å². The number of carbonyl (C=O) groups excluding carboxylic acids is 1. The second-order valence-electron chi connectivity index (χ2n) is 7.95. The Morgan fingerprint density at radius 1 is 1.03 bits per heavy atom. The van der Waals surface area contributed by atoms with Gasteiger partial charge in [-0.25, -0.2) is 12.7 Å². The number of carbonyl (C=O) groups is 1. The zero-order valence-corrected chi connectivity index (χ0v) is 17.4. The van der Waals surface area contributed by atoms with Crippen LogP contribution in [0.15, 0.2) is 24.5 Å². The second-order valence-corrected chi connectivity index (χ2v) is 10.2. The van der Waals surface area contributed by atoms with Crippen LogP contribution in [0.5, 0.6) is 0 Å². The van der Waals surface area contributed by atoms with Gasteiger partial charge in [0.2, 0.25) is 15.9 Å². The number of hydrogen-bond acceptors (Lipinski definition) is 5. The predicted octanol–water partition coefficient (Wildman–Crippen LogP) is 2.05. The van der Waals surface area contributed by atoms with Crippen LogP contribution in [0.25, 0.3) is 0 Å². The lowest BCUT2D eigenvalue weighted by molar-refractivity contribution is -0.367. The maximum absolute atomic E-state index is 12.8. The molecule has 2 fully saturated rings. The van der Waals surface area contributed by atoms with Gasteiger partial charge < -0.3 is 10.0 Å². The summed E-state index contributed by atoms with van der Waals surface area (Å²) in [5.41, 5.74) is -4.17. The molecule has 0 unspecified atom stereocenters. The molecule has 0 aromatic carbocycles. The van der Waals surface area contributed by atoms with Gasteiger partial charge in [-0.3, -0.25) is 9.78 Å². The molecule has 0 saturated carbocycles. The fourth-order valence-electron chi connectivity index (χ4n) is 3.81. The third kappa shape index (κ3) is 4.57. The van der Waals surface area contributed by atoms with Crippen molar-refractivity contribution < 1.29 is 44.7 Å². The van der Waals surface area contributed by atoms with E-state index in [9.17, 15) is 39.6 Å². The minimum Gasteiger partial charge on any atom is -0.373 e. The molecule has 2 aliphatic rings. The molecule has 32 heavy (non-hydrogen) atoms. The summed E-state index contributed by atoms with van der Waals surface area (Å²) in [4.78, 5) is 16.4. The molecular weight excluding hydrogens is 468 g/mol. The highest BCUT2D eigenvalue weighted by molar-refractivity contribution is 7.89. The smallest absolute Gasteiger partial charge is 0.373 e. The number of hydrogen-bond donors (Lipinski definition) is 1. The van der Waals surface area contributed by atoms with Crippen LogP contribution in [-0.2, 0) is 14.8 Å². The zero-order valence-electron chi connectivity index (χ0n) is 16.6. The molecule has 0 spiro atoms. The van der Waals surface area contributed by atoms with Gasteiger partial charge in [-0.05, 0) is 36.5 Å². The molecule has 1 aromatic rings. The molecular formula is C18H21F6N3O4S. The molecule has 0 bridgehead atoms. The van der Waals surface area contributed by atoms with Crippen LogP contribution in [0.1, 0.15) is 30.7 Å². The van der Waals surface area contributed by atoms with Crippen molar-refractivity contribution in [3.63, 3.8) is 0 Å². The molecule has 3 heterocycles. The fourth-order valence-corrected chi connectivity index (χ4v) is 5.69. The summed E-state index contributed by atoms with van der Waals surface area (Å²) >= 11 is 0. The lowest BCUT2D eigenvalue weighted by atomic mass is 9.91. The summed E-state index contributed by atoms with van der Waals surface area (Å²) in [6.07, 6.45) is -10.1. The van der Waals surface area contributed by atoms with Crippen molar-refractivity contribution in [3.05, 3.63) is 30.1 Å².